The third-order valence-electron chi connectivity index (χ3n) is 3.51. The molecule has 94 valence electrons. The molecule has 0 amide bonds. The number of hydrogen-bond acceptors (Lipinski definition) is 2. The number of nitrogens with zero attached hydrogens (tertiary/aromatic N) is 1. The van der Waals surface area contributed by atoms with Crippen molar-refractivity contribution in [2.75, 3.05) is 19.6 Å². The predicted octanol–water partition coefficient (Wildman–Crippen LogP) is 2.35. The first kappa shape index (κ1) is 12.5. The van der Waals surface area contributed by atoms with Gasteiger partial charge in [-0.3, -0.25) is 0 Å². The molecule has 1 heterocycles. The van der Waals surface area contributed by atoms with Gasteiger partial charge < -0.3 is 10.6 Å². The zero-order valence-electron chi connectivity index (χ0n) is 10.4. The number of rotatable bonds is 3. The zero-order valence-corrected chi connectivity index (χ0v) is 10.4. The van der Waals surface area contributed by atoms with Gasteiger partial charge in [-0.05, 0) is 43.0 Å². The molecule has 2 rings (SSSR count). The van der Waals surface area contributed by atoms with E-state index in [1.807, 2.05) is 12.1 Å². The topological polar surface area (TPSA) is 29.3 Å². The Labute approximate surface area is 103 Å². The molecule has 2 N–H and O–H groups in total. The highest BCUT2D eigenvalue weighted by Gasteiger charge is 2.18. The molecule has 0 radical (unpaired) electrons. The van der Waals surface area contributed by atoms with Crippen LogP contribution in [0.25, 0.3) is 0 Å². The average Bonchev–Trinajstić information content (AvgIpc) is 2.29. The third kappa shape index (κ3) is 3.51. The molecule has 3 heteroatoms. The standard InChI is InChI=1S/C14H21FN2/c1-11(12-4-6-13(15)7-5-12)9-17-8-2-3-14(16)10-17/h4-7,11,14H,2-3,8-10,16H2,1H3/t11?,14-/m1/s1. The van der Waals surface area contributed by atoms with E-state index in [1.165, 1.54) is 24.1 Å². The van der Waals surface area contributed by atoms with Gasteiger partial charge in [0.25, 0.3) is 0 Å². The summed E-state index contributed by atoms with van der Waals surface area (Å²) < 4.78 is 12.8. The van der Waals surface area contributed by atoms with E-state index in [0.29, 0.717) is 12.0 Å². The molecular formula is C14H21FN2. The molecule has 0 spiro atoms. The Kier molecular flexibility index (Phi) is 4.13. The summed E-state index contributed by atoms with van der Waals surface area (Å²) in [5.41, 5.74) is 7.17. The Morgan fingerprint density at radius 1 is 1.41 bits per heavy atom. The molecule has 1 aromatic rings. The van der Waals surface area contributed by atoms with Crippen molar-refractivity contribution in [2.24, 2.45) is 5.73 Å². The van der Waals surface area contributed by atoms with Crippen LogP contribution >= 0.6 is 0 Å². The van der Waals surface area contributed by atoms with Crippen LogP contribution in [0.4, 0.5) is 4.39 Å². The van der Waals surface area contributed by atoms with E-state index in [4.69, 9.17) is 5.73 Å². The summed E-state index contributed by atoms with van der Waals surface area (Å²) in [5.74, 6) is 0.266. The summed E-state index contributed by atoms with van der Waals surface area (Å²) in [6.07, 6.45) is 2.33. The van der Waals surface area contributed by atoms with Crippen molar-refractivity contribution < 1.29 is 4.39 Å². The minimum Gasteiger partial charge on any atom is -0.327 e. The van der Waals surface area contributed by atoms with Gasteiger partial charge in [0.15, 0.2) is 0 Å². The van der Waals surface area contributed by atoms with Crippen LogP contribution < -0.4 is 5.73 Å². The van der Waals surface area contributed by atoms with E-state index >= 15 is 0 Å². The molecule has 1 saturated heterocycles. The van der Waals surface area contributed by atoms with Crippen molar-refractivity contribution >= 4 is 0 Å². The summed E-state index contributed by atoms with van der Waals surface area (Å²) >= 11 is 0. The maximum Gasteiger partial charge on any atom is 0.123 e. The largest absolute Gasteiger partial charge is 0.327 e. The number of likely N-dealkylation sites (tertiary alicyclic amines) is 1. The van der Waals surface area contributed by atoms with Crippen molar-refractivity contribution in [3.05, 3.63) is 35.6 Å². The van der Waals surface area contributed by atoms with E-state index in [-0.39, 0.29) is 5.82 Å². The van der Waals surface area contributed by atoms with E-state index in [0.717, 1.165) is 26.1 Å². The summed E-state index contributed by atoms with van der Waals surface area (Å²) in [4.78, 5) is 2.42. The van der Waals surface area contributed by atoms with E-state index in [2.05, 4.69) is 11.8 Å². The predicted molar refractivity (Wildman–Crippen MR) is 68.5 cm³/mol. The molecule has 2 atom stereocenters. The summed E-state index contributed by atoms with van der Waals surface area (Å²) in [6.45, 7) is 5.33. The Morgan fingerprint density at radius 3 is 2.76 bits per heavy atom. The number of benzene rings is 1. The van der Waals surface area contributed by atoms with Crippen LogP contribution in [0.3, 0.4) is 0 Å². The first-order valence-electron chi connectivity index (χ1n) is 6.38. The quantitative estimate of drug-likeness (QED) is 0.873. The normalized spacial score (nSPS) is 23.6. The average molecular weight is 236 g/mol. The smallest absolute Gasteiger partial charge is 0.123 e. The molecule has 1 aliphatic heterocycles. The minimum absolute atomic E-state index is 0.166. The molecule has 0 aliphatic carbocycles. The van der Waals surface area contributed by atoms with Gasteiger partial charge in [-0.2, -0.15) is 0 Å². The molecule has 0 saturated carbocycles. The Balaban J connectivity index is 1.91. The van der Waals surface area contributed by atoms with E-state index in [9.17, 15) is 4.39 Å². The van der Waals surface area contributed by atoms with Crippen molar-refractivity contribution in [1.82, 2.24) is 4.90 Å². The fraction of sp³-hybridized carbons (Fsp3) is 0.571. The number of hydrogen-bond donors (Lipinski definition) is 1. The first-order chi connectivity index (χ1) is 8.15. The van der Waals surface area contributed by atoms with Crippen LogP contribution in [-0.4, -0.2) is 30.6 Å². The Hall–Kier alpha value is -0.930. The Bertz CT molecular complexity index is 350. The molecule has 17 heavy (non-hydrogen) atoms. The van der Waals surface area contributed by atoms with Crippen molar-refractivity contribution in [3.8, 4) is 0 Å². The molecule has 1 aromatic carbocycles. The van der Waals surface area contributed by atoms with Gasteiger partial charge in [0.2, 0.25) is 0 Å². The van der Waals surface area contributed by atoms with Crippen LogP contribution in [0.15, 0.2) is 24.3 Å². The summed E-state index contributed by atoms with van der Waals surface area (Å²) in [7, 11) is 0. The maximum absolute atomic E-state index is 12.8. The molecule has 1 fully saturated rings. The molecule has 1 aliphatic rings. The lowest BCUT2D eigenvalue weighted by atomic mass is 9.98. The lowest BCUT2D eigenvalue weighted by Gasteiger charge is -2.32. The van der Waals surface area contributed by atoms with Gasteiger partial charge in [-0.15, -0.1) is 0 Å². The van der Waals surface area contributed by atoms with Gasteiger partial charge in [0.1, 0.15) is 5.82 Å². The highest BCUT2D eigenvalue weighted by Crippen LogP contribution is 2.19. The third-order valence-corrected chi connectivity index (χ3v) is 3.51. The van der Waals surface area contributed by atoms with Crippen LogP contribution in [-0.2, 0) is 0 Å². The summed E-state index contributed by atoms with van der Waals surface area (Å²) in [5, 5.41) is 0. The number of nitrogens with two attached hydrogens (primary N) is 1. The highest BCUT2D eigenvalue weighted by atomic mass is 19.1. The summed E-state index contributed by atoms with van der Waals surface area (Å²) in [6, 6.07) is 7.15. The zero-order chi connectivity index (χ0) is 12.3. The second-order valence-electron chi connectivity index (χ2n) is 5.11. The monoisotopic (exact) mass is 236 g/mol. The lowest BCUT2D eigenvalue weighted by molar-refractivity contribution is 0.200. The lowest BCUT2D eigenvalue weighted by Crippen LogP contribution is -2.44. The van der Waals surface area contributed by atoms with Gasteiger partial charge in [-0.1, -0.05) is 19.1 Å². The van der Waals surface area contributed by atoms with E-state index < -0.39 is 0 Å². The number of piperidine rings is 1. The van der Waals surface area contributed by atoms with Crippen LogP contribution in [0.2, 0.25) is 0 Å². The minimum atomic E-state index is -0.166. The maximum atomic E-state index is 12.8. The fourth-order valence-corrected chi connectivity index (χ4v) is 2.54. The SMILES string of the molecule is CC(CN1CCC[C@@H](N)C1)c1ccc(F)cc1. The van der Waals surface area contributed by atoms with Gasteiger partial charge in [0.05, 0.1) is 0 Å². The number of halogens is 1. The van der Waals surface area contributed by atoms with Crippen molar-refractivity contribution in [3.63, 3.8) is 0 Å². The highest BCUT2D eigenvalue weighted by molar-refractivity contribution is 5.20. The molecule has 0 aromatic heterocycles. The molecule has 0 bridgehead atoms. The molecular weight excluding hydrogens is 215 g/mol. The molecule has 1 unspecified atom stereocenters. The van der Waals surface area contributed by atoms with Crippen LogP contribution in [0, 0.1) is 5.82 Å². The fourth-order valence-electron chi connectivity index (χ4n) is 2.54. The van der Waals surface area contributed by atoms with Crippen molar-refractivity contribution in [2.45, 2.75) is 31.7 Å². The van der Waals surface area contributed by atoms with Gasteiger partial charge >= 0.3 is 0 Å². The second-order valence-corrected chi connectivity index (χ2v) is 5.11. The molecule has 2 nitrogen and oxygen atoms in total. The van der Waals surface area contributed by atoms with Gasteiger partial charge in [-0.25, -0.2) is 4.39 Å². The van der Waals surface area contributed by atoms with Gasteiger partial charge in [0, 0.05) is 19.1 Å². The van der Waals surface area contributed by atoms with Crippen LogP contribution in [0.1, 0.15) is 31.2 Å². The van der Waals surface area contributed by atoms with E-state index in [1.54, 1.807) is 0 Å². The second kappa shape index (κ2) is 5.61. The Morgan fingerprint density at radius 2 is 2.12 bits per heavy atom. The first-order valence-corrected chi connectivity index (χ1v) is 6.38. The van der Waals surface area contributed by atoms with Crippen LogP contribution in [0.5, 0.6) is 0 Å². The van der Waals surface area contributed by atoms with Crippen molar-refractivity contribution in [1.29, 1.82) is 0 Å².